The number of benzene rings is 2. The summed E-state index contributed by atoms with van der Waals surface area (Å²) >= 11 is 6.15. The molecule has 0 aliphatic rings. The molecule has 0 fully saturated rings. The van der Waals surface area contributed by atoms with Crippen molar-refractivity contribution in [3.63, 3.8) is 0 Å². The highest BCUT2D eigenvalue weighted by Gasteiger charge is 2.21. The largest absolute Gasteiger partial charge is 0.497 e. The van der Waals surface area contributed by atoms with Crippen molar-refractivity contribution in [3.8, 4) is 5.75 Å². The van der Waals surface area contributed by atoms with Gasteiger partial charge in [0.25, 0.3) is 15.9 Å². The maximum absolute atomic E-state index is 12.8. The summed E-state index contributed by atoms with van der Waals surface area (Å²) in [6.07, 6.45) is 0. The summed E-state index contributed by atoms with van der Waals surface area (Å²) in [6.45, 7) is 3.41. The SMILES string of the molecule is COc1cc(C)c(S(=O)(=O)Nc2ccc(C(=O)N(C)C)c(Cl)c2)c(C)c1. The van der Waals surface area contributed by atoms with Gasteiger partial charge in [-0.1, -0.05) is 11.6 Å². The highest BCUT2D eigenvalue weighted by atomic mass is 35.5. The molecule has 0 aliphatic carbocycles. The molecular formula is C18H21ClN2O4S. The van der Waals surface area contributed by atoms with Crippen LogP contribution in [0.5, 0.6) is 5.75 Å². The van der Waals surface area contributed by atoms with Crippen LogP contribution >= 0.6 is 11.6 Å². The number of hydrogen-bond donors (Lipinski definition) is 1. The van der Waals surface area contributed by atoms with E-state index in [-0.39, 0.29) is 21.5 Å². The number of carbonyl (C=O) groups is 1. The average molecular weight is 397 g/mol. The Hall–Kier alpha value is -2.25. The van der Waals surface area contributed by atoms with Gasteiger partial charge < -0.3 is 9.64 Å². The Balaban J connectivity index is 2.39. The fraction of sp³-hybridized carbons (Fsp3) is 0.278. The lowest BCUT2D eigenvalue weighted by atomic mass is 10.1. The van der Waals surface area contributed by atoms with Gasteiger partial charge in [-0.25, -0.2) is 8.42 Å². The monoisotopic (exact) mass is 396 g/mol. The first-order valence-corrected chi connectivity index (χ1v) is 9.62. The van der Waals surface area contributed by atoms with Gasteiger partial charge in [-0.2, -0.15) is 0 Å². The number of aryl methyl sites for hydroxylation is 2. The van der Waals surface area contributed by atoms with Crippen LogP contribution in [0.2, 0.25) is 5.02 Å². The lowest BCUT2D eigenvalue weighted by molar-refractivity contribution is 0.0828. The van der Waals surface area contributed by atoms with E-state index in [1.807, 2.05) is 0 Å². The van der Waals surface area contributed by atoms with Crippen molar-refractivity contribution >= 4 is 33.2 Å². The summed E-state index contributed by atoms with van der Waals surface area (Å²) in [5.74, 6) is 0.333. The molecule has 1 amide bonds. The summed E-state index contributed by atoms with van der Waals surface area (Å²) in [7, 11) is 0.933. The lowest BCUT2D eigenvalue weighted by Gasteiger charge is -2.16. The minimum Gasteiger partial charge on any atom is -0.497 e. The Morgan fingerprint density at radius 2 is 1.69 bits per heavy atom. The van der Waals surface area contributed by atoms with Crippen molar-refractivity contribution in [2.75, 3.05) is 25.9 Å². The number of ether oxygens (including phenoxy) is 1. The molecule has 2 rings (SSSR count). The molecule has 6 nitrogen and oxygen atoms in total. The number of anilines is 1. The molecule has 0 unspecified atom stereocenters. The van der Waals surface area contributed by atoms with E-state index in [0.717, 1.165) is 0 Å². The lowest BCUT2D eigenvalue weighted by Crippen LogP contribution is -2.22. The van der Waals surface area contributed by atoms with Crippen LogP contribution in [0.3, 0.4) is 0 Å². The predicted octanol–water partition coefficient (Wildman–Crippen LogP) is 3.47. The van der Waals surface area contributed by atoms with Crippen molar-refractivity contribution in [1.82, 2.24) is 4.90 Å². The van der Waals surface area contributed by atoms with Crippen molar-refractivity contribution in [2.45, 2.75) is 18.7 Å². The predicted molar refractivity (Wildman–Crippen MR) is 103 cm³/mol. The maximum Gasteiger partial charge on any atom is 0.262 e. The van der Waals surface area contributed by atoms with Gasteiger partial charge in [0.2, 0.25) is 0 Å². The average Bonchev–Trinajstić information content (AvgIpc) is 2.52. The fourth-order valence-electron chi connectivity index (χ4n) is 2.65. The van der Waals surface area contributed by atoms with E-state index in [2.05, 4.69) is 4.72 Å². The van der Waals surface area contributed by atoms with Crippen LogP contribution in [0, 0.1) is 13.8 Å². The molecular weight excluding hydrogens is 376 g/mol. The van der Waals surface area contributed by atoms with Gasteiger partial charge in [0.05, 0.1) is 28.3 Å². The molecule has 2 aromatic carbocycles. The number of methoxy groups -OCH3 is 1. The van der Waals surface area contributed by atoms with E-state index in [1.165, 1.54) is 30.2 Å². The van der Waals surface area contributed by atoms with Gasteiger partial charge >= 0.3 is 0 Å². The normalized spacial score (nSPS) is 11.2. The second kappa shape index (κ2) is 7.55. The number of halogens is 1. The number of nitrogens with one attached hydrogen (secondary N) is 1. The van der Waals surface area contributed by atoms with Crippen LogP contribution < -0.4 is 9.46 Å². The Morgan fingerprint density at radius 1 is 1.12 bits per heavy atom. The van der Waals surface area contributed by atoms with E-state index in [9.17, 15) is 13.2 Å². The summed E-state index contributed by atoms with van der Waals surface area (Å²) in [5, 5.41) is 0.173. The molecule has 0 radical (unpaired) electrons. The molecule has 0 aliphatic heterocycles. The number of carbonyl (C=O) groups excluding carboxylic acids is 1. The number of nitrogens with zero attached hydrogens (tertiary/aromatic N) is 1. The summed E-state index contributed by atoms with van der Waals surface area (Å²) in [4.78, 5) is 13.6. The molecule has 0 atom stereocenters. The van der Waals surface area contributed by atoms with Gasteiger partial charge in [-0.15, -0.1) is 0 Å². The van der Waals surface area contributed by atoms with Crippen LogP contribution in [-0.2, 0) is 10.0 Å². The standard InChI is InChI=1S/C18H21ClN2O4S/c1-11-8-14(25-5)9-12(2)17(11)26(23,24)20-13-6-7-15(16(19)10-13)18(22)21(3)4/h6-10,20H,1-5H3. The van der Waals surface area contributed by atoms with Crippen molar-refractivity contribution in [3.05, 3.63) is 52.0 Å². The van der Waals surface area contributed by atoms with Gasteiger partial charge in [0, 0.05) is 14.1 Å². The third-order valence-electron chi connectivity index (χ3n) is 3.80. The minimum absolute atomic E-state index is 0.173. The molecule has 8 heteroatoms. The molecule has 0 saturated heterocycles. The quantitative estimate of drug-likeness (QED) is 0.839. The minimum atomic E-state index is -3.83. The van der Waals surface area contributed by atoms with E-state index in [0.29, 0.717) is 22.4 Å². The van der Waals surface area contributed by atoms with Crippen LogP contribution in [-0.4, -0.2) is 40.4 Å². The van der Waals surface area contributed by atoms with E-state index >= 15 is 0 Å². The van der Waals surface area contributed by atoms with Crippen molar-refractivity contribution < 1.29 is 17.9 Å². The maximum atomic E-state index is 12.8. The van der Waals surface area contributed by atoms with E-state index in [4.69, 9.17) is 16.3 Å². The zero-order chi connectivity index (χ0) is 19.6. The Kier molecular flexibility index (Phi) is 5.83. The van der Waals surface area contributed by atoms with Gasteiger partial charge in [-0.3, -0.25) is 9.52 Å². The molecule has 0 spiro atoms. The molecule has 1 N–H and O–H groups in total. The molecule has 0 aromatic heterocycles. The van der Waals surface area contributed by atoms with Crippen LogP contribution in [0.15, 0.2) is 35.2 Å². The third-order valence-corrected chi connectivity index (χ3v) is 5.79. The molecule has 140 valence electrons. The Bertz CT molecular complexity index is 933. The van der Waals surface area contributed by atoms with Crippen molar-refractivity contribution in [2.24, 2.45) is 0 Å². The smallest absolute Gasteiger partial charge is 0.262 e. The van der Waals surface area contributed by atoms with Gasteiger partial charge in [-0.05, 0) is 55.3 Å². The zero-order valence-corrected chi connectivity index (χ0v) is 16.8. The first-order valence-electron chi connectivity index (χ1n) is 7.76. The number of hydrogen-bond acceptors (Lipinski definition) is 4. The summed E-state index contributed by atoms with van der Waals surface area (Å²) in [5.41, 5.74) is 1.72. The Labute approximate surface area is 158 Å². The van der Waals surface area contributed by atoms with Crippen LogP contribution in [0.1, 0.15) is 21.5 Å². The van der Waals surface area contributed by atoms with Crippen molar-refractivity contribution in [1.29, 1.82) is 0 Å². The number of amides is 1. The molecule has 0 bridgehead atoms. The second-order valence-electron chi connectivity index (χ2n) is 6.09. The zero-order valence-electron chi connectivity index (χ0n) is 15.3. The van der Waals surface area contributed by atoms with Crippen LogP contribution in [0.25, 0.3) is 0 Å². The number of rotatable bonds is 5. The molecule has 0 heterocycles. The topological polar surface area (TPSA) is 75.7 Å². The van der Waals surface area contributed by atoms with E-state index < -0.39 is 10.0 Å². The van der Waals surface area contributed by atoms with Gasteiger partial charge in [0.1, 0.15) is 5.75 Å². The highest BCUT2D eigenvalue weighted by molar-refractivity contribution is 7.92. The Morgan fingerprint density at radius 3 is 2.15 bits per heavy atom. The second-order valence-corrected chi connectivity index (χ2v) is 8.12. The third kappa shape index (κ3) is 4.11. The highest BCUT2D eigenvalue weighted by Crippen LogP contribution is 2.29. The summed E-state index contributed by atoms with van der Waals surface area (Å²) in [6, 6.07) is 7.75. The molecule has 26 heavy (non-hydrogen) atoms. The first kappa shape index (κ1) is 20.1. The number of sulfonamides is 1. The molecule has 2 aromatic rings. The van der Waals surface area contributed by atoms with E-state index in [1.54, 1.807) is 40.1 Å². The van der Waals surface area contributed by atoms with Gasteiger partial charge in [0.15, 0.2) is 0 Å². The molecule has 0 saturated carbocycles. The van der Waals surface area contributed by atoms with Crippen LogP contribution in [0.4, 0.5) is 5.69 Å². The summed E-state index contributed by atoms with van der Waals surface area (Å²) < 4.78 is 33.3. The fourth-order valence-corrected chi connectivity index (χ4v) is 4.42. The first-order chi connectivity index (χ1) is 12.1.